The van der Waals surface area contributed by atoms with E-state index in [4.69, 9.17) is 34.6 Å². The Balaban J connectivity index is 3.67. The third-order valence-electron chi connectivity index (χ3n) is 3.28. The largest absolute Gasteiger partial charge is 0.480 e. The van der Waals surface area contributed by atoms with Crippen LogP contribution in [0.15, 0.2) is 0 Å². The highest BCUT2D eigenvalue weighted by molar-refractivity contribution is 5.73. The Morgan fingerprint density at radius 1 is 0.483 bits per heavy atom. The van der Waals surface area contributed by atoms with E-state index in [2.05, 4.69) is 0 Å². The second kappa shape index (κ2) is 16.6. The molecule has 0 aliphatic heterocycles. The minimum atomic E-state index is -1.12. The van der Waals surface area contributed by atoms with Gasteiger partial charge in [-0.15, -0.1) is 0 Å². The SMILES string of the molecule is O=C(O)CN(CCOCCOCCOCCN(CC(=O)O)CC(=O)O)CC(=O)O. The number of hydrogen-bond donors (Lipinski definition) is 4. The lowest BCUT2D eigenvalue weighted by Crippen LogP contribution is -2.37. The highest BCUT2D eigenvalue weighted by Crippen LogP contribution is 1.91. The number of rotatable bonds is 20. The molecule has 0 unspecified atom stereocenters. The number of hydrogen-bond acceptors (Lipinski definition) is 9. The summed E-state index contributed by atoms with van der Waals surface area (Å²) in [5.41, 5.74) is 0. The highest BCUT2D eigenvalue weighted by Gasteiger charge is 2.13. The highest BCUT2D eigenvalue weighted by atomic mass is 16.5. The topological polar surface area (TPSA) is 183 Å². The smallest absolute Gasteiger partial charge is 0.317 e. The molecule has 0 saturated carbocycles. The molecule has 0 rings (SSSR count). The van der Waals surface area contributed by atoms with Crippen LogP contribution in [0.25, 0.3) is 0 Å². The summed E-state index contributed by atoms with van der Waals surface area (Å²) in [4.78, 5) is 45.0. The van der Waals surface area contributed by atoms with Gasteiger partial charge in [0.05, 0.1) is 65.8 Å². The van der Waals surface area contributed by atoms with Gasteiger partial charge in [-0.25, -0.2) is 0 Å². The minimum absolute atomic E-state index is 0.156. The van der Waals surface area contributed by atoms with Crippen LogP contribution in [-0.4, -0.2) is 133 Å². The van der Waals surface area contributed by atoms with Crippen molar-refractivity contribution in [3.63, 3.8) is 0 Å². The predicted molar refractivity (Wildman–Crippen MR) is 95.9 cm³/mol. The Morgan fingerprint density at radius 3 is 0.966 bits per heavy atom. The normalized spacial score (nSPS) is 11.1. The molecule has 0 amide bonds. The lowest BCUT2D eigenvalue weighted by Gasteiger charge is -2.18. The summed E-state index contributed by atoms with van der Waals surface area (Å²) in [5, 5.41) is 34.8. The Labute approximate surface area is 167 Å². The summed E-state index contributed by atoms with van der Waals surface area (Å²) < 4.78 is 15.8. The van der Waals surface area contributed by atoms with Gasteiger partial charge in [0.15, 0.2) is 0 Å². The zero-order valence-corrected chi connectivity index (χ0v) is 16.0. The molecule has 0 bridgehead atoms. The predicted octanol–water partition coefficient (Wildman–Crippen LogP) is -2.02. The van der Waals surface area contributed by atoms with Crippen LogP contribution >= 0.6 is 0 Å². The molecule has 0 aliphatic rings. The summed E-state index contributed by atoms with van der Waals surface area (Å²) in [5.74, 6) is -4.49. The molecule has 0 saturated heterocycles. The molecule has 0 aromatic rings. The quantitative estimate of drug-likeness (QED) is 0.157. The molecule has 29 heavy (non-hydrogen) atoms. The van der Waals surface area contributed by atoms with Gasteiger partial charge in [-0.3, -0.25) is 29.0 Å². The van der Waals surface area contributed by atoms with Gasteiger partial charge in [-0.05, 0) is 0 Å². The second-order valence-electron chi connectivity index (χ2n) is 5.83. The molecule has 0 aromatic carbocycles. The van der Waals surface area contributed by atoms with Crippen molar-refractivity contribution in [1.82, 2.24) is 9.80 Å². The average molecular weight is 424 g/mol. The van der Waals surface area contributed by atoms with E-state index in [1.54, 1.807) is 0 Å². The van der Waals surface area contributed by atoms with Crippen molar-refractivity contribution < 1.29 is 53.8 Å². The van der Waals surface area contributed by atoms with Gasteiger partial charge in [-0.1, -0.05) is 0 Å². The molecular weight excluding hydrogens is 396 g/mol. The molecule has 0 aromatic heterocycles. The lowest BCUT2D eigenvalue weighted by atomic mass is 10.4. The molecule has 13 nitrogen and oxygen atoms in total. The minimum Gasteiger partial charge on any atom is -0.480 e. The van der Waals surface area contributed by atoms with Crippen molar-refractivity contribution in [2.75, 3.05) is 78.9 Å². The maximum absolute atomic E-state index is 10.6. The van der Waals surface area contributed by atoms with E-state index in [9.17, 15) is 19.2 Å². The third-order valence-corrected chi connectivity index (χ3v) is 3.28. The fourth-order valence-corrected chi connectivity index (χ4v) is 2.12. The molecule has 0 spiro atoms. The average Bonchev–Trinajstić information content (AvgIpc) is 2.57. The Kier molecular flexibility index (Phi) is 15.3. The van der Waals surface area contributed by atoms with Gasteiger partial charge in [0.25, 0.3) is 0 Å². The van der Waals surface area contributed by atoms with E-state index >= 15 is 0 Å². The second-order valence-corrected chi connectivity index (χ2v) is 5.83. The van der Waals surface area contributed by atoms with E-state index in [-0.39, 0.29) is 78.9 Å². The van der Waals surface area contributed by atoms with Gasteiger partial charge in [0.1, 0.15) is 0 Å². The number of carboxylic acids is 4. The maximum Gasteiger partial charge on any atom is 0.317 e. The van der Waals surface area contributed by atoms with Gasteiger partial charge < -0.3 is 34.6 Å². The van der Waals surface area contributed by atoms with Gasteiger partial charge in [0, 0.05) is 13.1 Å². The van der Waals surface area contributed by atoms with E-state index < -0.39 is 23.9 Å². The molecule has 0 aliphatic carbocycles. The van der Waals surface area contributed by atoms with Gasteiger partial charge in [-0.2, -0.15) is 0 Å². The third kappa shape index (κ3) is 18.8. The molecular formula is C16H28N2O11. The standard InChI is InChI=1S/C16H28N2O11/c19-13(20)9-17(10-14(21)22)1-3-27-5-7-29-8-6-28-4-2-18(11-15(23)24)12-16(25)26/h1-12H2,(H,19,20)(H,21,22)(H,23,24)(H,25,26). The maximum atomic E-state index is 10.6. The summed E-state index contributed by atoms with van der Waals surface area (Å²) in [6.45, 7) is 0.0523. The van der Waals surface area contributed by atoms with E-state index in [1.807, 2.05) is 0 Å². The first-order valence-corrected chi connectivity index (χ1v) is 8.75. The molecule has 0 atom stereocenters. The Morgan fingerprint density at radius 2 is 0.724 bits per heavy atom. The molecule has 168 valence electrons. The molecule has 4 N–H and O–H groups in total. The zero-order chi connectivity index (χ0) is 22.1. The lowest BCUT2D eigenvalue weighted by molar-refractivity contribution is -0.144. The number of carboxylic acid groups (broad SMARTS) is 4. The van der Waals surface area contributed by atoms with Crippen molar-refractivity contribution >= 4 is 23.9 Å². The van der Waals surface area contributed by atoms with Crippen molar-refractivity contribution in [2.24, 2.45) is 0 Å². The van der Waals surface area contributed by atoms with E-state index in [1.165, 1.54) is 9.80 Å². The molecule has 0 fully saturated rings. The molecule has 0 heterocycles. The number of aliphatic carboxylic acids is 4. The number of carbonyl (C=O) groups is 4. The van der Waals surface area contributed by atoms with Gasteiger partial charge in [0.2, 0.25) is 0 Å². The van der Waals surface area contributed by atoms with Crippen LogP contribution in [-0.2, 0) is 33.4 Å². The van der Waals surface area contributed by atoms with Crippen molar-refractivity contribution in [3.8, 4) is 0 Å². The summed E-state index contributed by atoms with van der Waals surface area (Å²) in [6, 6.07) is 0. The van der Waals surface area contributed by atoms with Crippen molar-refractivity contribution in [3.05, 3.63) is 0 Å². The summed E-state index contributed by atoms with van der Waals surface area (Å²) in [7, 11) is 0. The first-order valence-electron chi connectivity index (χ1n) is 8.75. The Bertz CT molecular complexity index is 439. The fraction of sp³-hybridized carbons (Fsp3) is 0.750. The van der Waals surface area contributed by atoms with Crippen LogP contribution in [0.5, 0.6) is 0 Å². The van der Waals surface area contributed by atoms with Crippen LogP contribution in [0.1, 0.15) is 0 Å². The first-order chi connectivity index (χ1) is 13.7. The number of ether oxygens (including phenoxy) is 3. The van der Waals surface area contributed by atoms with Crippen molar-refractivity contribution in [2.45, 2.75) is 0 Å². The molecule has 13 heteroatoms. The van der Waals surface area contributed by atoms with Gasteiger partial charge >= 0.3 is 23.9 Å². The Hall–Kier alpha value is -2.32. The van der Waals surface area contributed by atoms with Crippen LogP contribution in [0.2, 0.25) is 0 Å². The summed E-state index contributed by atoms with van der Waals surface area (Å²) in [6.07, 6.45) is 0. The zero-order valence-electron chi connectivity index (χ0n) is 16.0. The monoisotopic (exact) mass is 424 g/mol. The first kappa shape index (κ1) is 26.7. The van der Waals surface area contributed by atoms with Crippen LogP contribution in [0.3, 0.4) is 0 Å². The number of nitrogens with zero attached hydrogens (tertiary/aromatic N) is 2. The van der Waals surface area contributed by atoms with Crippen LogP contribution in [0, 0.1) is 0 Å². The van der Waals surface area contributed by atoms with Crippen LogP contribution in [0.4, 0.5) is 0 Å². The summed E-state index contributed by atoms with van der Waals surface area (Å²) >= 11 is 0. The van der Waals surface area contributed by atoms with Crippen LogP contribution < -0.4 is 0 Å². The fourth-order valence-electron chi connectivity index (χ4n) is 2.12. The van der Waals surface area contributed by atoms with E-state index in [0.29, 0.717) is 0 Å². The van der Waals surface area contributed by atoms with E-state index in [0.717, 1.165) is 0 Å². The molecule has 0 radical (unpaired) electrons. The van der Waals surface area contributed by atoms with Crippen molar-refractivity contribution in [1.29, 1.82) is 0 Å².